The molecule has 1 aromatic heterocycles. The summed E-state index contributed by atoms with van der Waals surface area (Å²) < 4.78 is 31.9. The second-order valence-electron chi connectivity index (χ2n) is 3.48. The Bertz CT molecular complexity index is 569. The van der Waals surface area contributed by atoms with Gasteiger partial charge in [-0.1, -0.05) is 23.7 Å². The average molecular weight is 259 g/mol. The zero-order chi connectivity index (χ0) is 12.6. The maximum absolute atomic E-state index is 13.7. The van der Waals surface area contributed by atoms with E-state index in [-0.39, 0.29) is 22.2 Å². The maximum atomic E-state index is 13.7. The zero-order valence-electron chi connectivity index (χ0n) is 8.93. The lowest BCUT2D eigenvalue weighted by Crippen LogP contribution is -1.93. The van der Waals surface area contributed by atoms with Crippen LogP contribution in [-0.2, 0) is 6.42 Å². The van der Waals surface area contributed by atoms with Gasteiger partial charge < -0.3 is 10.3 Å². The molecule has 0 atom stereocenters. The summed E-state index contributed by atoms with van der Waals surface area (Å²) in [4.78, 5) is 0. The summed E-state index contributed by atoms with van der Waals surface area (Å²) in [6, 6.07) is 1.86. The summed E-state index contributed by atoms with van der Waals surface area (Å²) in [7, 11) is 0. The van der Waals surface area contributed by atoms with Gasteiger partial charge in [-0.3, -0.25) is 0 Å². The minimum Gasteiger partial charge on any atom is -0.381 e. The van der Waals surface area contributed by atoms with Crippen molar-refractivity contribution in [1.82, 2.24) is 5.16 Å². The molecular weight excluding hydrogens is 250 g/mol. The van der Waals surface area contributed by atoms with Gasteiger partial charge in [-0.2, -0.15) is 0 Å². The molecule has 0 aliphatic heterocycles. The predicted octanol–water partition coefficient (Wildman–Crippen LogP) is 3.42. The van der Waals surface area contributed by atoms with Crippen LogP contribution >= 0.6 is 11.6 Å². The van der Waals surface area contributed by atoms with Crippen molar-refractivity contribution in [2.24, 2.45) is 0 Å². The van der Waals surface area contributed by atoms with E-state index < -0.39 is 11.6 Å². The van der Waals surface area contributed by atoms with Crippen LogP contribution in [0.4, 0.5) is 14.6 Å². The molecule has 90 valence electrons. The monoisotopic (exact) mass is 258 g/mol. The number of nitrogen functional groups attached to an aromatic ring is 1. The fourth-order valence-corrected chi connectivity index (χ4v) is 1.72. The van der Waals surface area contributed by atoms with Crippen LogP contribution in [0.1, 0.15) is 12.5 Å². The number of anilines is 1. The molecule has 0 spiro atoms. The van der Waals surface area contributed by atoms with Crippen LogP contribution in [0, 0.1) is 11.6 Å². The van der Waals surface area contributed by atoms with Gasteiger partial charge in [-0.05, 0) is 18.6 Å². The van der Waals surface area contributed by atoms with E-state index in [0.29, 0.717) is 12.0 Å². The molecule has 3 nitrogen and oxygen atoms in total. The van der Waals surface area contributed by atoms with E-state index >= 15 is 0 Å². The summed E-state index contributed by atoms with van der Waals surface area (Å²) in [5, 5.41) is 3.26. The lowest BCUT2D eigenvalue weighted by atomic mass is 10.1. The topological polar surface area (TPSA) is 52.0 Å². The van der Waals surface area contributed by atoms with Crippen molar-refractivity contribution in [2.45, 2.75) is 13.3 Å². The summed E-state index contributed by atoms with van der Waals surface area (Å²) >= 11 is 5.47. The third-order valence-electron chi connectivity index (χ3n) is 2.43. The lowest BCUT2D eigenvalue weighted by molar-refractivity contribution is 0.432. The highest BCUT2D eigenvalue weighted by Crippen LogP contribution is 2.32. The lowest BCUT2D eigenvalue weighted by Gasteiger charge is -2.03. The fraction of sp³-hybridized carbons (Fsp3) is 0.182. The molecule has 2 aromatic rings. The van der Waals surface area contributed by atoms with Crippen molar-refractivity contribution in [3.63, 3.8) is 0 Å². The molecule has 1 aromatic carbocycles. The smallest absolute Gasteiger partial charge is 0.175 e. The standard InChI is InChI=1S/C11H9ClF2N2O/c1-2-5-10(17-16-11(5)15)6-3-9(14)7(12)4-8(6)13/h3-4H,2H2,1H3,(H2,15,16). The van der Waals surface area contributed by atoms with Crippen molar-refractivity contribution in [1.29, 1.82) is 0 Å². The maximum Gasteiger partial charge on any atom is 0.175 e. The van der Waals surface area contributed by atoms with Crippen LogP contribution in [0.15, 0.2) is 16.7 Å². The SMILES string of the molecule is CCc1c(N)noc1-c1cc(F)c(Cl)cc1F. The van der Waals surface area contributed by atoms with E-state index in [0.717, 1.165) is 12.1 Å². The Morgan fingerprint density at radius 1 is 1.35 bits per heavy atom. The Kier molecular flexibility index (Phi) is 3.02. The van der Waals surface area contributed by atoms with Gasteiger partial charge in [0.15, 0.2) is 11.6 Å². The minimum atomic E-state index is -0.722. The largest absolute Gasteiger partial charge is 0.381 e. The van der Waals surface area contributed by atoms with Crippen LogP contribution in [-0.4, -0.2) is 5.16 Å². The van der Waals surface area contributed by atoms with Gasteiger partial charge in [0, 0.05) is 5.56 Å². The van der Waals surface area contributed by atoms with E-state index in [9.17, 15) is 8.78 Å². The van der Waals surface area contributed by atoms with Crippen LogP contribution in [0.25, 0.3) is 11.3 Å². The fourth-order valence-electron chi connectivity index (χ4n) is 1.57. The summed E-state index contributed by atoms with van der Waals surface area (Å²) in [6.45, 7) is 1.82. The first-order valence-corrected chi connectivity index (χ1v) is 5.31. The van der Waals surface area contributed by atoms with Crippen molar-refractivity contribution in [3.8, 4) is 11.3 Å². The molecule has 0 bridgehead atoms. The van der Waals surface area contributed by atoms with Crippen molar-refractivity contribution >= 4 is 17.4 Å². The molecule has 0 radical (unpaired) electrons. The number of nitrogens with zero attached hydrogens (tertiary/aromatic N) is 1. The quantitative estimate of drug-likeness (QED) is 0.840. The average Bonchev–Trinajstić information content (AvgIpc) is 2.64. The molecular formula is C11H9ClF2N2O. The summed E-state index contributed by atoms with van der Waals surface area (Å²) in [6.07, 6.45) is 0.508. The van der Waals surface area contributed by atoms with Gasteiger partial charge >= 0.3 is 0 Å². The molecule has 0 amide bonds. The van der Waals surface area contributed by atoms with E-state index in [1.807, 2.05) is 6.92 Å². The van der Waals surface area contributed by atoms with Crippen LogP contribution in [0.5, 0.6) is 0 Å². The summed E-state index contributed by atoms with van der Waals surface area (Å²) in [5.41, 5.74) is 6.07. The van der Waals surface area contributed by atoms with Crippen molar-refractivity contribution in [2.75, 3.05) is 5.73 Å². The number of hydrogen-bond donors (Lipinski definition) is 1. The molecule has 2 rings (SSSR count). The number of aromatic nitrogens is 1. The summed E-state index contributed by atoms with van der Waals surface area (Å²) in [5.74, 6) is -1.09. The Balaban J connectivity index is 2.64. The number of hydrogen-bond acceptors (Lipinski definition) is 3. The molecule has 6 heteroatoms. The van der Waals surface area contributed by atoms with E-state index in [4.69, 9.17) is 21.9 Å². The van der Waals surface area contributed by atoms with Gasteiger partial charge in [0.2, 0.25) is 0 Å². The van der Waals surface area contributed by atoms with E-state index in [2.05, 4.69) is 5.16 Å². The van der Waals surface area contributed by atoms with Crippen molar-refractivity contribution < 1.29 is 13.3 Å². The Hall–Kier alpha value is -1.62. The molecule has 1 heterocycles. The molecule has 0 aliphatic rings. The number of nitrogens with two attached hydrogens (primary N) is 1. The number of rotatable bonds is 2. The van der Waals surface area contributed by atoms with Crippen molar-refractivity contribution in [3.05, 3.63) is 34.4 Å². The highest BCUT2D eigenvalue weighted by Gasteiger charge is 2.19. The molecule has 0 saturated heterocycles. The van der Waals surface area contributed by atoms with E-state index in [1.54, 1.807) is 0 Å². The van der Waals surface area contributed by atoms with Crippen LogP contribution < -0.4 is 5.73 Å². The second kappa shape index (κ2) is 4.33. The van der Waals surface area contributed by atoms with Crippen LogP contribution in [0.2, 0.25) is 5.02 Å². The normalized spacial score (nSPS) is 10.8. The molecule has 0 unspecified atom stereocenters. The Morgan fingerprint density at radius 3 is 2.71 bits per heavy atom. The minimum absolute atomic E-state index is 0.0343. The first kappa shape index (κ1) is 11.9. The highest BCUT2D eigenvalue weighted by atomic mass is 35.5. The molecule has 17 heavy (non-hydrogen) atoms. The zero-order valence-corrected chi connectivity index (χ0v) is 9.68. The first-order valence-electron chi connectivity index (χ1n) is 4.93. The predicted molar refractivity (Wildman–Crippen MR) is 60.7 cm³/mol. The first-order chi connectivity index (χ1) is 8.04. The number of benzene rings is 1. The van der Waals surface area contributed by atoms with Gasteiger partial charge in [-0.15, -0.1) is 0 Å². The van der Waals surface area contributed by atoms with Crippen LogP contribution in [0.3, 0.4) is 0 Å². The Morgan fingerprint density at radius 2 is 2.06 bits per heavy atom. The molecule has 2 N–H and O–H groups in total. The second-order valence-corrected chi connectivity index (χ2v) is 3.88. The Labute approximate surface area is 101 Å². The third-order valence-corrected chi connectivity index (χ3v) is 2.72. The number of halogens is 3. The van der Waals surface area contributed by atoms with Gasteiger partial charge in [0.1, 0.15) is 11.6 Å². The molecule has 0 fully saturated rings. The van der Waals surface area contributed by atoms with E-state index in [1.165, 1.54) is 0 Å². The molecule has 0 saturated carbocycles. The highest BCUT2D eigenvalue weighted by molar-refractivity contribution is 6.30. The molecule has 0 aliphatic carbocycles. The third kappa shape index (κ3) is 1.98. The van der Waals surface area contributed by atoms with Gasteiger partial charge in [0.05, 0.1) is 10.6 Å². The van der Waals surface area contributed by atoms with Gasteiger partial charge in [-0.25, -0.2) is 8.78 Å². The van der Waals surface area contributed by atoms with Gasteiger partial charge in [0.25, 0.3) is 0 Å².